The predicted octanol–water partition coefficient (Wildman–Crippen LogP) is 3.35. The molecule has 0 rings (SSSR count). The highest BCUT2D eigenvalue weighted by Crippen LogP contribution is 2.12. The fourth-order valence-corrected chi connectivity index (χ4v) is 1.46. The number of nitrogens with zero attached hydrogens (tertiary/aromatic N) is 1. The third-order valence-corrected chi connectivity index (χ3v) is 2.81. The Morgan fingerprint density at radius 2 is 1.50 bits per heavy atom. The smallest absolute Gasteiger partial charge is 0.149 e. The molecule has 2 N–H and O–H groups in total. The summed E-state index contributed by atoms with van der Waals surface area (Å²) in [6.45, 7) is 4.08. The quantitative estimate of drug-likeness (QED) is 0.361. The lowest BCUT2D eigenvalue weighted by Gasteiger charge is -2.23. The Morgan fingerprint density at radius 3 is 2.00 bits per heavy atom. The van der Waals surface area contributed by atoms with Crippen LogP contribution in [0, 0.1) is 0 Å². The highest BCUT2D eigenvalue weighted by molar-refractivity contribution is 4.49. The third kappa shape index (κ3) is 7.30. The molecule has 86 valence electrons. The van der Waals surface area contributed by atoms with E-state index in [0.29, 0.717) is 0 Å². The summed E-state index contributed by atoms with van der Waals surface area (Å²) in [7, 11) is 1.40. The summed E-state index contributed by atoms with van der Waals surface area (Å²) < 4.78 is 0. The van der Waals surface area contributed by atoms with Crippen LogP contribution in [0.2, 0.25) is 0 Å². The number of hydrogen-bond acceptors (Lipinski definition) is 2. The van der Waals surface area contributed by atoms with Crippen LogP contribution in [0.5, 0.6) is 0 Å². The second-order valence-electron chi connectivity index (χ2n) is 4.38. The molecular formula is C11H26NO2+. The van der Waals surface area contributed by atoms with Crippen LogP contribution in [0.25, 0.3) is 0 Å². The fraction of sp³-hybridized carbons (Fsp3) is 1.00. The molecular weight excluding hydrogens is 178 g/mol. The number of rotatable bonds is 8. The van der Waals surface area contributed by atoms with Gasteiger partial charge >= 0.3 is 0 Å². The van der Waals surface area contributed by atoms with Gasteiger partial charge in [-0.1, -0.05) is 39.0 Å². The zero-order chi connectivity index (χ0) is 11.0. The van der Waals surface area contributed by atoms with Crippen LogP contribution < -0.4 is 0 Å². The van der Waals surface area contributed by atoms with Crippen molar-refractivity contribution in [2.45, 2.75) is 64.8 Å². The van der Waals surface area contributed by atoms with Crippen molar-refractivity contribution in [3.63, 3.8) is 0 Å². The van der Waals surface area contributed by atoms with E-state index in [4.69, 9.17) is 0 Å². The van der Waals surface area contributed by atoms with Crippen LogP contribution >= 0.6 is 0 Å². The first-order valence-corrected chi connectivity index (χ1v) is 5.80. The Kier molecular flexibility index (Phi) is 7.15. The van der Waals surface area contributed by atoms with Gasteiger partial charge in [0.05, 0.1) is 0 Å². The molecule has 0 bridgehead atoms. The highest BCUT2D eigenvalue weighted by atomic mass is 16.8. The van der Waals surface area contributed by atoms with Crippen molar-refractivity contribution in [2.24, 2.45) is 0 Å². The van der Waals surface area contributed by atoms with E-state index in [2.05, 4.69) is 6.92 Å². The Labute approximate surface area is 87.9 Å². The molecule has 0 saturated carbocycles. The van der Waals surface area contributed by atoms with Crippen molar-refractivity contribution in [1.82, 2.24) is 0 Å². The summed E-state index contributed by atoms with van der Waals surface area (Å²) in [6.07, 6.45) is 8.39. The molecule has 3 nitrogen and oxygen atoms in total. The van der Waals surface area contributed by atoms with Gasteiger partial charge < -0.3 is 0 Å². The maximum Gasteiger partial charge on any atom is 0.149 e. The van der Waals surface area contributed by atoms with E-state index >= 15 is 0 Å². The van der Waals surface area contributed by atoms with Crippen molar-refractivity contribution in [3.05, 3.63) is 0 Å². The van der Waals surface area contributed by atoms with Crippen molar-refractivity contribution in [1.29, 1.82) is 0 Å². The zero-order valence-electron chi connectivity index (χ0n) is 9.87. The van der Waals surface area contributed by atoms with Crippen LogP contribution in [0.3, 0.4) is 0 Å². The average molecular weight is 204 g/mol. The van der Waals surface area contributed by atoms with Crippen molar-refractivity contribution in [3.8, 4) is 0 Å². The molecule has 0 aromatic rings. The third-order valence-electron chi connectivity index (χ3n) is 2.81. The summed E-state index contributed by atoms with van der Waals surface area (Å²) in [6, 6.07) is -0.0822. The molecule has 0 aliphatic heterocycles. The van der Waals surface area contributed by atoms with Crippen molar-refractivity contribution < 1.29 is 15.2 Å². The SMILES string of the molecule is CCCCCCCCC(C)[N+](C)(O)O. The maximum atomic E-state index is 9.22. The minimum absolute atomic E-state index is 0.0822. The van der Waals surface area contributed by atoms with Crippen LogP contribution in [-0.4, -0.2) is 28.3 Å². The summed E-state index contributed by atoms with van der Waals surface area (Å²) in [4.78, 5) is -0.894. The monoisotopic (exact) mass is 204 g/mol. The summed E-state index contributed by atoms with van der Waals surface area (Å²) in [5, 5.41) is 18.4. The van der Waals surface area contributed by atoms with E-state index in [9.17, 15) is 10.4 Å². The van der Waals surface area contributed by atoms with Gasteiger partial charge in [-0.15, -0.1) is 0 Å². The number of unbranched alkanes of at least 4 members (excludes halogenated alkanes) is 5. The van der Waals surface area contributed by atoms with E-state index in [1.165, 1.54) is 39.2 Å². The molecule has 1 atom stereocenters. The highest BCUT2D eigenvalue weighted by Gasteiger charge is 2.24. The first-order chi connectivity index (χ1) is 6.48. The molecule has 0 spiro atoms. The maximum absolute atomic E-state index is 9.22. The molecule has 1 unspecified atom stereocenters. The molecule has 0 aliphatic carbocycles. The van der Waals surface area contributed by atoms with Crippen molar-refractivity contribution in [2.75, 3.05) is 7.05 Å². The van der Waals surface area contributed by atoms with Gasteiger partial charge in [0.2, 0.25) is 0 Å². The normalized spacial score (nSPS) is 14.4. The van der Waals surface area contributed by atoms with Crippen LogP contribution in [0.4, 0.5) is 0 Å². The lowest BCUT2D eigenvalue weighted by atomic mass is 10.1. The minimum Gasteiger partial charge on any atom is -0.182 e. The van der Waals surface area contributed by atoms with Gasteiger partial charge in [0, 0.05) is 6.42 Å². The molecule has 0 radical (unpaired) electrons. The lowest BCUT2D eigenvalue weighted by molar-refractivity contribution is -1.25. The zero-order valence-corrected chi connectivity index (χ0v) is 9.87. The van der Waals surface area contributed by atoms with Crippen LogP contribution in [0.15, 0.2) is 0 Å². The number of quaternary nitrogens is 1. The molecule has 14 heavy (non-hydrogen) atoms. The van der Waals surface area contributed by atoms with E-state index in [1.54, 1.807) is 0 Å². The van der Waals surface area contributed by atoms with Crippen molar-refractivity contribution >= 4 is 0 Å². The van der Waals surface area contributed by atoms with Gasteiger partial charge in [-0.05, 0) is 18.2 Å². The second-order valence-corrected chi connectivity index (χ2v) is 4.38. The predicted molar refractivity (Wildman–Crippen MR) is 57.2 cm³/mol. The van der Waals surface area contributed by atoms with Gasteiger partial charge in [0.15, 0.2) is 0 Å². The first kappa shape index (κ1) is 13.9. The average Bonchev–Trinajstić information content (AvgIpc) is 2.09. The Balaban J connectivity index is 3.28. The van der Waals surface area contributed by atoms with Gasteiger partial charge in [0.1, 0.15) is 13.1 Å². The second kappa shape index (κ2) is 7.21. The van der Waals surface area contributed by atoms with Gasteiger partial charge in [-0.25, -0.2) is 0 Å². The molecule has 0 aromatic carbocycles. The Morgan fingerprint density at radius 1 is 1.00 bits per heavy atom. The van der Waals surface area contributed by atoms with E-state index in [-0.39, 0.29) is 6.04 Å². The number of hydrogen-bond donors (Lipinski definition) is 2. The molecule has 0 saturated heterocycles. The van der Waals surface area contributed by atoms with Gasteiger partial charge in [-0.2, -0.15) is 10.4 Å². The van der Waals surface area contributed by atoms with Gasteiger partial charge in [0.25, 0.3) is 0 Å². The van der Waals surface area contributed by atoms with E-state index in [1.807, 2.05) is 6.92 Å². The summed E-state index contributed by atoms with van der Waals surface area (Å²) in [5.74, 6) is 0. The summed E-state index contributed by atoms with van der Waals surface area (Å²) in [5.41, 5.74) is 0. The number of hydroxylamine groups is 4. The molecule has 3 heteroatoms. The Hall–Kier alpha value is -0.120. The topological polar surface area (TPSA) is 40.5 Å². The van der Waals surface area contributed by atoms with Crippen LogP contribution in [0.1, 0.15) is 58.8 Å². The molecule has 0 fully saturated rings. The minimum atomic E-state index is -0.894. The molecule has 0 aromatic heterocycles. The first-order valence-electron chi connectivity index (χ1n) is 5.80. The van der Waals surface area contributed by atoms with E-state index in [0.717, 1.165) is 12.8 Å². The van der Waals surface area contributed by atoms with Crippen LogP contribution in [-0.2, 0) is 0 Å². The lowest BCUT2D eigenvalue weighted by Crippen LogP contribution is -2.44. The fourth-order valence-electron chi connectivity index (χ4n) is 1.46. The Bertz CT molecular complexity index is 132. The summed E-state index contributed by atoms with van der Waals surface area (Å²) >= 11 is 0. The molecule has 0 heterocycles. The molecule has 0 amide bonds. The van der Waals surface area contributed by atoms with Gasteiger partial charge in [-0.3, -0.25) is 0 Å². The van der Waals surface area contributed by atoms with E-state index < -0.39 is 4.81 Å². The standard InChI is InChI=1S/C11H26NO2/c1-4-5-6-7-8-9-10-11(2)12(3,13)14/h11,13-14H,4-10H2,1-3H3/q+1. The largest absolute Gasteiger partial charge is 0.182 e. The molecule has 0 aliphatic rings.